The Morgan fingerprint density at radius 2 is 1.97 bits per heavy atom. The molecular weight excluding hydrogens is 391 g/mol. The molecule has 0 saturated heterocycles. The number of rotatable bonds is 6. The van der Waals surface area contributed by atoms with Crippen molar-refractivity contribution in [3.63, 3.8) is 0 Å². The van der Waals surface area contributed by atoms with Gasteiger partial charge in [-0.3, -0.25) is 5.10 Å². The molecule has 0 aliphatic heterocycles. The number of benzene rings is 2. The van der Waals surface area contributed by atoms with Gasteiger partial charge in [0.25, 0.3) is 0 Å². The van der Waals surface area contributed by atoms with Gasteiger partial charge in [-0.15, -0.1) is 0 Å². The second-order valence-electron chi connectivity index (χ2n) is 6.26. The lowest BCUT2D eigenvalue weighted by Crippen LogP contribution is -2.05. The molecular formula is C20H17FN6OS. The van der Waals surface area contributed by atoms with Gasteiger partial charge in [-0.05, 0) is 55.0 Å². The minimum absolute atomic E-state index is 0.200. The number of hydrogen-bond donors (Lipinski definition) is 2. The third kappa shape index (κ3) is 4.14. The van der Waals surface area contributed by atoms with Gasteiger partial charge in [-0.1, -0.05) is 18.2 Å². The first-order valence-electron chi connectivity index (χ1n) is 8.80. The molecule has 2 aromatic heterocycles. The van der Waals surface area contributed by atoms with Crippen molar-refractivity contribution in [3.05, 3.63) is 82.3 Å². The van der Waals surface area contributed by atoms with Crippen LogP contribution in [-0.4, -0.2) is 31.3 Å². The summed E-state index contributed by atoms with van der Waals surface area (Å²) in [4.78, 5) is 0. The maximum atomic E-state index is 13.2. The minimum atomic E-state index is -0.300. The molecule has 0 aliphatic rings. The number of halogens is 1. The Hall–Kier alpha value is -3.59. The molecule has 0 atom stereocenters. The molecule has 2 heterocycles. The highest BCUT2D eigenvalue weighted by Gasteiger charge is 2.09. The number of nitrogens with zero attached hydrogens (tertiary/aromatic N) is 4. The van der Waals surface area contributed by atoms with Crippen LogP contribution in [0, 0.1) is 17.5 Å². The van der Waals surface area contributed by atoms with Gasteiger partial charge in [0.1, 0.15) is 18.2 Å². The van der Waals surface area contributed by atoms with E-state index < -0.39 is 0 Å². The van der Waals surface area contributed by atoms with Gasteiger partial charge < -0.3 is 4.74 Å². The fraction of sp³-hybridized carbons (Fsp3) is 0.100. The summed E-state index contributed by atoms with van der Waals surface area (Å²) in [6.45, 7) is 2.17. The molecule has 0 aliphatic carbocycles. The molecule has 146 valence electrons. The summed E-state index contributed by atoms with van der Waals surface area (Å²) < 4.78 is 20.9. The highest BCUT2D eigenvalue weighted by molar-refractivity contribution is 7.71. The number of aromatic nitrogens is 5. The van der Waals surface area contributed by atoms with Crippen molar-refractivity contribution in [1.82, 2.24) is 25.1 Å². The zero-order chi connectivity index (χ0) is 20.2. The quantitative estimate of drug-likeness (QED) is 0.369. The van der Waals surface area contributed by atoms with Crippen LogP contribution in [0.2, 0.25) is 0 Å². The van der Waals surface area contributed by atoms with E-state index in [9.17, 15) is 4.39 Å². The third-order valence-electron chi connectivity index (χ3n) is 4.28. The Morgan fingerprint density at radius 3 is 2.76 bits per heavy atom. The van der Waals surface area contributed by atoms with Crippen LogP contribution in [0.1, 0.15) is 17.0 Å². The maximum Gasteiger partial charge on any atom is 0.216 e. The number of para-hydroxylation sites is 1. The third-order valence-corrected chi connectivity index (χ3v) is 4.55. The Labute approximate surface area is 170 Å². The number of nitrogens with one attached hydrogen (secondary N) is 2. The fourth-order valence-corrected chi connectivity index (χ4v) is 2.96. The molecule has 7 nitrogen and oxygen atoms in total. The van der Waals surface area contributed by atoms with E-state index in [0.29, 0.717) is 10.6 Å². The van der Waals surface area contributed by atoms with E-state index in [1.807, 2.05) is 31.2 Å². The van der Waals surface area contributed by atoms with Gasteiger partial charge in [0.15, 0.2) is 5.82 Å². The molecule has 29 heavy (non-hydrogen) atoms. The standard InChI is InChI=1S/C20H17FN6OS/c1-13-4-2-3-5-17(13)28-12-18-24-26-20(29)27(18)23-11-15-10-22-25-19(15)14-6-8-16(21)9-7-14/h2-11H,12H2,1H3,(H,22,25)(H,26,29)/b23-11+. The largest absolute Gasteiger partial charge is 0.485 e. The molecule has 0 saturated carbocycles. The van der Waals surface area contributed by atoms with Gasteiger partial charge in [0.2, 0.25) is 4.77 Å². The van der Waals surface area contributed by atoms with Crippen molar-refractivity contribution in [2.75, 3.05) is 0 Å². The molecule has 0 spiro atoms. The second-order valence-corrected chi connectivity index (χ2v) is 6.65. The van der Waals surface area contributed by atoms with Gasteiger partial charge in [0.05, 0.1) is 18.1 Å². The molecule has 0 bridgehead atoms. The van der Waals surface area contributed by atoms with E-state index in [2.05, 4.69) is 25.5 Å². The van der Waals surface area contributed by atoms with Crippen molar-refractivity contribution >= 4 is 18.4 Å². The Morgan fingerprint density at radius 1 is 1.17 bits per heavy atom. The van der Waals surface area contributed by atoms with E-state index in [0.717, 1.165) is 28.1 Å². The van der Waals surface area contributed by atoms with Crippen molar-refractivity contribution in [3.8, 4) is 17.0 Å². The number of aryl methyl sites for hydroxylation is 1. The summed E-state index contributed by atoms with van der Waals surface area (Å²) in [5.74, 6) is 0.998. The van der Waals surface area contributed by atoms with Gasteiger partial charge in [-0.2, -0.15) is 20.0 Å². The number of ether oxygens (including phenoxy) is 1. The van der Waals surface area contributed by atoms with Crippen LogP contribution in [-0.2, 0) is 6.61 Å². The van der Waals surface area contributed by atoms with Crippen LogP contribution >= 0.6 is 12.2 Å². The predicted molar refractivity (Wildman–Crippen MR) is 110 cm³/mol. The summed E-state index contributed by atoms with van der Waals surface area (Å²) in [5.41, 5.74) is 3.27. The predicted octanol–water partition coefficient (Wildman–Crippen LogP) is 4.24. The molecule has 0 fully saturated rings. The number of aromatic amines is 2. The molecule has 4 rings (SSSR count). The van der Waals surface area contributed by atoms with Crippen LogP contribution in [0.15, 0.2) is 59.8 Å². The Kier molecular flexibility index (Phi) is 5.30. The lowest BCUT2D eigenvalue weighted by molar-refractivity contribution is 0.289. The Balaban J connectivity index is 1.57. The Bertz CT molecular complexity index is 1210. The normalized spacial score (nSPS) is 11.2. The molecule has 0 amide bonds. The highest BCUT2D eigenvalue weighted by atomic mass is 32.1. The van der Waals surface area contributed by atoms with Crippen molar-refractivity contribution in [1.29, 1.82) is 0 Å². The molecule has 0 radical (unpaired) electrons. The fourth-order valence-electron chi connectivity index (χ4n) is 2.76. The molecule has 4 aromatic rings. The molecule has 9 heteroatoms. The monoisotopic (exact) mass is 408 g/mol. The van der Waals surface area contributed by atoms with Crippen LogP contribution in [0.3, 0.4) is 0 Å². The van der Waals surface area contributed by atoms with Crippen molar-refractivity contribution in [2.45, 2.75) is 13.5 Å². The van der Waals surface area contributed by atoms with Crippen LogP contribution < -0.4 is 4.74 Å². The van der Waals surface area contributed by atoms with E-state index in [1.54, 1.807) is 24.5 Å². The first-order valence-corrected chi connectivity index (χ1v) is 9.21. The topological polar surface area (TPSA) is 83.9 Å². The van der Waals surface area contributed by atoms with Gasteiger partial charge in [0, 0.05) is 11.1 Å². The summed E-state index contributed by atoms with van der Waals surface area (Å²) in [5, 5.41) is 18.3. The van der Waals surface area contributed by atoms with Crippen molar-refractivity contribution < 1.29 is 9.13 Å². The van der Waals surface area contributed by atoms with E-state index in [4.69, 9.17) is 17.0 Å². The first-order chi connectivity index (χ1) is 14.1. The van der Waals surface area contributed by atoms with Gasteiger partial charge >= 0.3 is 0 Å². The van der Waals surface area contributed by atoms with Crippen LogP contribution in [0.4, 0.5) is 4.39 Å². The average molecular weight is 408 g/mol. The number of hydrogen-bond acceptors (Lipinski definition) is 5. The lowest BCUT2D eigenvalue weighted by atomic mass is 10.1. The highest BCUT2D eigenvalue weighted by Crippen LogP contribution is 2.20. The van der Waals surface area contributed by atoms with E-state index >= 15 is 0 Å². The average Bonchev–Trinajstić information content (AvgIpc) is 3.33. The zero-order valence-corrected chi connectivity index (χ0v) is 16.3. The smallest absolute Gasteiger partial charge is 0.216 e. The minimum Gasteiger partial charge on any atom is -0.485 e. The van der Waals surface area contributed by atoms with Crippen LogP contribution in [0.25, 0.3) is 11.3 Å². The van der Waals surface area contributed by atoms with E-state index in [1.165, 1.54) is 16.8 Å². The first kappa shape index (κ1) is 18.8. The molecule has 0 unspecified atom stereocenters. The maximum absolute atomic E-state index is 13.2. The van der Waals surface area contributed by atoms with Crippen molar-refractivity contribution in [2.24, 2.45) is 5.10 Å². The summed E-state index contributed by atoms with van der Waals surface area (Å²) >= 11 is 5.28. The van der Waals surface area contributed by atoms with E-state index in [-0.39, 0.29) is 12.4 Å². The lowest BCUT2D eigenvalue weighted by Gasteiger charge is -2.07. The van der Waals surface area contributed by atoms with Crippen LogP contribution in [0.5, 0.6) is 5.75 Å². The second kappa shape index (κ2) is 8.19. The zero-order valence-electron chi connectivity index (χ0n) is 15.5. The summed E-state index contributed by atoms with van der Waals surface area (Å²) in [7, 11) is 0. The summed E-state index contributed by atoms with van der Waals surface area (Å²) in [6, 6.07) is 13.9. The SMILES string of the molecule is Cc1ccccc1OCc1n[nH]c(=S)n1/N=C/c1cn[nH]c1-c1ccc(F)cc1. The molecule has 2 N–H and O–H groups in total. The number of H-pyrrole nitrogens is 2. The van der Waals surface area contributed by atoms with Gasteiger partial charge in [-0.25, -0.2) is 9.49 Å². The summed E-state index contributed by atoms with van der Waals surface area (Å²) in [6.07, 6.45) is 3.25. The molecule has 2 aromatic carbocycles.